The topological polar surface area (TPSA) is 12.0 Å². The summed E-state index contributed by atoms with van der Waals surface area (Å²) in [5.41, 5.74) is 0. The highest BCUT2D eigenvalue weighted by atomic mass is 32.1. The van der Waals surface area contributed by atoms with Gasteiger partial charge in [-0.2, -0.15) is 0 Å². The maximum atomic E-state index is 3.85. The lowest BCUT2D eigenvalue weighted by molar-refractivity contribution is 0.263. The lowest BCUT2D eigenvalue weighted by atomic mass is 9.84. The first-order valence-electron chi connectivity index (χ1n) is 7.10. The first kappa shape index (κ1) is 13.1. The molecule has 0 aromatic carbocycles. The van der Waals surface area contributed by atoms with Crippen LogP contribution in [0.1, 0.15) is 63.3 Å². The van der Waals surface area contributed by atoms with Gasteiger partial charge in [-0.3, -0.25) is 0 Å². The molecule has 0 saturated heterocycles. The quantitative estimate of drug-likeness (QED) is 0.795. The van der Waals surface area contributed by atoms with Gasteiger partial charge in [0.15, 0.2) is 0 Å². The molecule has 0 aliphatic heterocycles. The van der Waals surface area contributed by atoms with Gasteiger partial charge in [0, 0.05) is 17.0 Å². The zero-order valence-corrected chi connectivity index (χ0v) is 11.9. The number of hydrogen-bond donors (Lipinski definition) is 1. The van der Waals surface area contributed by atoms with Crippen LogP contribution < -0.4 is 5.32 Å². The van der Waals surface area contributed by atoms with Gasteiger partial charge in [-0.15, -0.1) is 11.3 Å². The van der Waals surface area contributed by atoms with Crippen LogP contribution in [0.15, 0.2) is 17.5 Å². The predicted molar refractivity (Wildman–Crippen MR) is 76.5 cm³/mol. The third-order valence-electron chi connectivity index (χ3n) is 4.12. The van der Waals surface area contributed by atoms with Gasteiger partial charge in [0.05, 0.1) is 0 Å². The van der Waals surface area contributed by atoms with Crippen LogP contribution in [0.4, 0.5) is 0 Å². The molecule has 96 valence electrons. The molecule has 2 heteroatoms. The van der Waals surface area contributed by atoms with Crippen molar-refractivity contribution in [2.75, 3.05) is 0 Å². The van der Waals surface area contributed by atoms with Crippen molar-refractivity contribution in [1.82, 2.24) is 5.32 Å². The predicted octanol–water partition coefficient (Wildman–Crippen LogP) is 4.76. The Labute approximate surface area is 110 Å². The van der Waals surface area contributed by atoms with E-state index in [1.54, 1.807) is 0 Å². The van der Waals surface area contributed by atoms with Gasteiger partial charge < -0.3 is 5.32 Å². The van der Waals surface area contributed by atoms with Crippen LogP contribution in [-0.4, -0.2) is 6.04 Å². The molecular formula is C15H25NS. The van der Waals surface area contributed by atoms with Gasteiger partial charge in [-0.05, 0) is 43.6 Å². The number of rotatable bonds is 5. The number of thiophene rings is 1. The van der Waals surface area contributed by atoms with Crippen molar-refractivity contribution < 1.29 is 0 Å². The van der Waals surface area contributed by atoms with E-state index in [4.69, 9.17) is 0 Å². The number of hydrogen-bond acceptors (Lipinski definition) is 2. The van der Waals surface area contributed by atoms with E-state index in [-0.39, 0.29) is 0 Å². The Hall–Kier alpha value is -0.340. The second kappa shape index (κ2) is 6.55. The monoisotopic (exact) mass is 251 g/mol. The molecule has 0 spiro atoms. The molecule has 0 radical (unpaired) electrons. The van der Waals surface area contributed by atoms with Gasteiger partial charge in [-0.25, -0.2) is 0 Å². The summed E-state index contributed by atoms with van der Waals surface area (Å²) >= 11 is 1.88. The molecule has 1 nitrogen and oxygen atoms in total. The molecule has 1 aromatic rings. The molecule has 1 saturated carbocycles. The van der Waals surface area contributed by atoms with Crippen LogP contribution in [0, 0.1) is 5.92 Å². The average Bonchev–Trinajstić information content (AvgIpc) is 2.90. The Morgan fingerprint density at radius 2 is 2.12 bits per heavy atom. The molecule has 1 heterocycles. The lowest BCUT2D eigenvalue weighted by Crippen LogP contribution is -2.36. The molecule has 2 atom stereocenters. The largest absolute Gasteiger partial charge is 0.306 e. The van der Waals surface area contributed by atoms with Crippen LogP contribution in [0.5, 0.6) is 0 Å². The van der Waals surface area contributed by atoms with Crippen molar-refractivity contribution in [3.63, 3.8) is 0 Å². The molecule has 2 rings (SSSR count). The molecule has 1 aliphatic carbocycles. The second-order valence-corrected chi connectivity index (χ2v) is 6.31. The van der Waals surface area contributed by atoms with E-state index in [2.05, 4.69) is 36.7 Å². The molecule has 1 aromatic heterocycles. The summed E-state index contributed by atoms with van der Waals surface area (Å²) in [5, 5.41) is 6.03. The van der Waals surface area contributed by atoms with Crippen LogP contribution in [0.25, 0.3) is 0 Å². The second-order valence-electron chi connectivity index (χ2n) is 5.33. The highest BCUT2D eigenvalue weighted by molar-refractivity contribution is 7.10. The summed E-state index contributed by atoms with van der Waals surface area (Å²) in [5.74, 6) is 0.901. The minimum Gasteiger partial charge on any atom is -0.306 e. The van der Waals surface area contributed by atoms with Crippen LogP contribution in [0.3, 0.4) is 0 Å². The molecule has 1 N–H and O–H groups in total. The summed E-state index contributed by atoms with van der Waals surface area (Å²) in [6, 6.07) is 5.66. The van der Waals surface area contributed by atoms with Crippen molar-refractivity contribution in [2.45, 2.75) is 64.5 Å². The van der Waals surface area contributed by atoms with Crippen molar-refractivity contribution in [2.24, 2.45) is 5.92 Å². The SMILES string of the molecule is CCC(N[C@@H](C)C1CCCCC1)c1cccs1. The maximum Gasteiger partial charge on any atom is 0.0414 e. The van der Waals surface area contributed by atoms with Gasteiger partial charge in [-0.1, -0.05) is 32.3 Å². The summed E-state index contributed by atoms with van der Waals surface area (Å²) in [7, 11) is 0. The molecular weight excluding hydrogens is 226 g/mol. The minimum absolute atomic E-state index is 0.562. The number of nitrogens with one attached hydrogen (secondary N) is 1. The molecule has 1 fully saturated rings. The first-order chi connectivity index (χ1) is 8.31. The smallest absolute Gasteiger partial charge is 0.0414 e. The fourth-order valence-electron chi connectivity index (χ4n) is 2.98. The Balaban J connectivity index is 1.89. The maximum absolute atomic E-state index is 3.85. The standard InChI is InChI=1S/C15H25NS/c1-3-14(15-10-7-11-17-15)16-12(2)13-8-5-4-6-9-13/h7,10-14,16H,3-6,8-9H2,1-2H3/t12-,14?/m0/s1. The average molecular weight is 251 g/mol. The minimum atomic E-state index is 0.562. The highest BCUT2D eigenvalue weighted by Crippen LogP contribution is 2.29. The normalized spacial score (nSPS) is 21.3. The third kappa shape index (κ3) is 3.56. The zero-order valence-electron chi connectivity index (χ0n) is 11.1. The summed E-state index contributed by atoms with van der Waals surface area (Å²) in [6.45, 7) is 4.66. The van der Waals surface area contributed by atoms with Crippen molar-refractivity contribution >= 4 is 11.3 Å². The van der Waals surface area contributed by atoms with E-state index in [1.807, 2.05) is 11.3 Å². The molecule has 0 amide bonds. The Bertz CT molecular complexity index is 301. The van der Waals surface area contributed by atoms with Crippen LogP contribution in [0.2, 0.25) is 0 Å². The third-order valence-corrected chi connectivity index (χ3v) is 5.10. The van der Waals surface area contributed by atoms with E-state index < -0.39 is 0 Å². The summed E-state index contributed by atoms with van der Waals surface area (Å²) < 4.78 is 0. The van der Waals surface area contributed by atoms with Crippen molar-refractivity contribution in [3.05, 3.63) is 22.4 Å². The highest BCUT2D eigenvalue weighted by Gasteiger charge is 2.22. The fraction of sp³-hybridized carbons (Fsp3) is 0.733. The Kier molecular flexibility index (Phi) is 5.05. The fourth-order valence-corrected chi connectivity index (χ4v) is 3.85. The lowest BCUT2D eigenvalue weighted by Gasteiger charge is -2.31. The van der Waals surface area contributed by atoms with E-state index in [0.717, 1.165) is 5.92 Å². The van der Waals surface area contributed by atoms with Crippen LogP contribution >= 0.6 is 11.3 Å². The first-order valence-corrected chi connectivity index (χ1v) is 7.98. The summed E-state index contributed by atoms with van der Waals surface area (Å²) in [4.78, 5) is 1.50. The van der Waals surface area contributed by atoms with E-state index in [1.165, 1.54) is 43.4 Å². The van der Waals surface area contributed by atoms with Gasteiger partial charge in [0.2, 0.25) is 0 Å². The molecule has 17 heavy (non-hydrogen) atoms. The van der Waals surface area contributed by atoms with Crippen molar-refractivity contribution in [3.8, 4) is 0 Å². The van der Waals surface area contributed by atoms with Crippen LogP contribution in [-0.2, 0) is 0 Å². The van der Waals surface area contributed by atoms with Gasteiger partial charge >= 0.3 is 0 Å². The summed E-state index contributed by atoms with van der Waals surface area (Å²) in [6.07, 6.45) is 8.37. The molecule has 1 unspecified atom stereocenters. The zero-order chi connectivity index (χ0) is 12.1. The van der Waals surface area contributed by atoms with Gasteiger partial charge in [0.1, 0.15) is 0 Å². The molecule has 1 aliphatic rings. The van der Waals surface area contributed by atoms with E-state index in [9.17, 15) is 0 Å². The Morgan fingerprint density at radius 1 is 1.35 bits per heavy atom. The molecule has 0 bridgehead atoms. The Morgan fingerprint density at radius 3 is 2.71 bits per heavy atom. The van der Waals surface area contributed by atoms with E-state index >= 15 is 0 Å². The van der Waals surface area contributed by atoms with E-state index in [0.29, 0.717) is 12.1 Å². The van der Waals surface area contributed by atoms with Crippen molar-refractivity contribution in [1.29, 1.82) is 0 Å². The van der Waals surface area contributed by atoms with Gasteiger partial charge in [0.25, 0.3) is 0 Å².